The summed E-state index contributed by atoms with van der Waals surface area (Å²) < 4.78 is 6.51. The second-order valence-electron chi connectivity index (χ2n) is 6.30. The van der Waals surface area contributed by atoms with Gasteiger partial charge in [-0.3, -0.25) is 9.36 Å². The molecule has 1 atom stereocenters. The van der Waals surface area contributed by atoms with Gasteiger partial charge in [0.05, 0.1) is 5.52 Å². The molecule has 1 aromatic carbocycles. The SMILES string of the molecule is Cc1cnc(C2CCN(C(=O)c3ccc4oc(=O)n(C)c4c3)C2)[nH]1. The summed E-state index contributed by atoms with van der Waals surface area (Å²) in [4.78, 5) is 33.8. The van der Waals surface area contributed by atoms with E-state index in [1.807, 2.05) is 18.0 Å². The molecule has 7 nitrogen and oxygen atoms in total. The topological polar surface area (TPSA) is 84.1 Å². The van der Waals surface area contributed by atoms with E-state index >= 15 is 0 Å². The third kappa shape index (κ3) is 2.33. The Hall–Kier alpha value is -2.83. The average molecular weight is 326 g/mol. The molecule has 3 aromatic rings. The number of aromatic nitrogens is 3. The summed E-state index contributed by atoms with van der Waals surface area (Å²) in [7, 11) is 1.63. The Morgan fingerprint density at radius 3 is 3.00 bits per heavy atom. The molecular formula is C17H18N4O3. The van der Waals surface area contributed by atoms with Crippen LogP contribution in [-0.4, -0.2) is 38.4 Å². The number of aromatic amines is 1. The van der Waals surface area contributed by atoms with Crippen molar-refractivity contribution in [3.05, 3.63) is 52.0 Å². The number of imidazole rings is 1. The number of nitrogens with one attached hydrogen (secondary N) is 1. The predicted octanol–water partition coefficient (Wildman–Crippen LogP) is 1.79. The van der Waals surface area contributed by atoms with Crippen molar-refractivity contribution in [2.24, 2.45) is 7.05 Å². The van der Waals surface area contributed by atoms with E-state index in [0.717, 1.165) is 17.9 Å². The molecule has 0 spiro atoms. The fourth-order valence-corrected chi connectivity index (χ4v) is 3.25. The van der Waals surface area contributed by atoms with Crippen LogP contribution in [0.25, 0.3) is 11.1 Å². The number of hydrogen-bond donors (Lipinski definition) is 1. The Morgan fingerprint density at radius 1 is 1.42 bits per heavy atom. The van der Waals surface area contributed by atoms with Gasteiger partial charge in [0.1, 0.15) is 5.82 Å². The molecule has 1 fully saturated rings. The highest BCUT2D eigenvalue weighted by Crippen LogP contribution is 2.26. The van der Waals surface area contributed by atoms with Crippen LogP contribution in [0.4, 0.5) is 0 Å². The summed E-state index contributed by atoms with van der Waals surface area (Å²) in [6.45, 7) is 3.32. The molecule has 124 valence electrons. The maximum Gasteiger partial charge on any atom is 0.419 e. The van der Waals surface area contributed by atoms with Crippen molar-refractivity contribution in [1.82, 2.24) is 19.4 Å². The Labute approximate surface area is 137 Å². The zero-order valence-electron chi connectivity index (χ0n) is 13.6. The molecule has 1 amide bonds. The number of benzene rings is 1. The van der Waals surface area contributed by atoms with E-state index in [1.165, 1.54) is 4.57 Å². The van der Waals surface area contributed by atoms with Crippen molar-refractivity contribution < 1.29 is 9.21 Å². The maximum absolute atomic E-state index is 12.8. The lowest BCUT2D eigenvalue weighted by molar-refractivity contribution is 0.0790. The van der Waals surface area contributed by atoms with Crippen molar-refractivity contribution in [2.45, 2.75) is 19.3 Å². The van der Waals surface area contributed by atoms with Crippen LogP contribution in [0.2, 0.25) is 0 Å². The fourth-order valence-electron chi connectivity index (χ4n) is 3.25. The highest BCUT2D eigenvalue weighted by atomic mass is 16.4. The van der Waals surface area contributed by atoms with Gasteiger partial charge in [-0.2, -0.15) is 0 Å². The summed E-state index contributed by atoms with van der Waals surface area (Å²) in [5.74, 6) is 0.723. The minimum Gasteiger partial charge on any atom is -0.408 e. The van der Waals surface area contributed by atoms with E-state index in [4.69, 9.17) is 4.42 Å². The molecule has 1 aliphatic heterocycles. The molecule has 2 aromatic heterocycles. The average Bonchev–Trinajstić information content (AvgIpc) is 3.27. The number of nitrogens with zero attached hydrogens (tertiary/aromatic N) is 3. The monoisotopic (exact) mass is 326 g/mol. The van der Waals surface area contributed by atoms with Crippen LogP contribution in [0, 0.1) is 6.92 Å². The molecule has 0 saturated carbocycles. The van der Waals surface area contributed by atoms with Crippen LogP contribution in [0.15, 0.2) is 33.6 Å². The Bertz CT molecular complexity index is 981. The van der Waals surface area contributed by atoms with Gasteiger partial charge in [-0.25, -0.2) is 9.78 Å². The summed E-state index contributed by atoms with van der Waals surface area (Å²) >= 11 is 0. The number of rotatable bonds is 2. The van der Waals surface area contributed by atoms with Crippen molar-refractivity contribution in [3.63, 3.8) is 0 Å². The van der Waals surface area contributed by atoms with Gasteiger partial charge < -0.3 is 14.3 Å². The first-order valence-corrected chi connectivity index (χ1v) is 7.93. The van der Waals surface area contributed by atoms with Crippen LogP contribution < -0.4 is 5.76 Å². The van der Waals surface area contributed by atoms with Gasteiger partial charge >= 0.3 is 5.76 Å². The Kier molecular flexibility index (Phi) is 3.30. The number of carbonyl (C=O) groups is 1. The highest BCUT2D eigenvalue weighted by molar-refractivity contribution is 5.97. The molecule has 1 aliphatic rings. The number of hydrogen-bond acceptors (Lipinski definition) is 4. The largest absolute Gasteiger partial charge is 0.419 e. The molecule has 0 bridgehead atoms. The molecule has 3 heterocycles. The maximum atomic E-state index is 12.8. The lowest BCUT2D eigenvalue weighted by atomic mass is 10.1. The van der Waals surface area contributed by atoms with Gasteiger partial charge in [-0.15, -0.1) is 0 Å². The minimum absolute atomic E-state index is 0.0312. The van der Waals surface area contributed by atoms with Crippen LogP contribution in [-0.2, 0) is 7.05 Å². The van der Waals surface area contributed by atoms with E-state index in [0.29, 0.717) is 29.8 Å². The van der Waals surface area contributed by atoms with Crippen LogP contribution in [0.5, 0.6) is 0 Å². The van der Waals surface area contributed by atoms with Crippen LogP contribution in [0.3, 0.4) is 0 Å². The molecule has 7 heteroatoms. The molecule has 1 saturated heterocycles. The lowest BCUT2D eigenvalue weighted by Gasteiger charge is -2.16. The van der Waals surface area contributed by atoms with Crippen LogP contribution in [0.1, 0.15) is 34.2 Å². The number of oxazole rings is 1. The third-order valence-electron chi connectivity index (χ3n) is 4.62. The third-order valence-corrected chi connectivity index (χ3v) is 4.62. The first-order valence-electron chi connectivity index (χ1n) is 7.93. The van der Waals surface area contributed by atoms with Gasteiger partial charge in [0, 0.05) is 43.5 Å². The molecule has 1 N–H and O–H groups in total. The predicted molar refractivity (Wildman–Crippen MR) is 88.0 cm³/mol. The molecule has 0 aliphatic carbocycles. The first-order chi connectivity index (χ1) is 11.5. The molecule has 4 rings (SSSR count). The highest BCUT2D eigenvalue weighted by Gasteiger charge is 2.29. The van der Waals surface area contributed by atoms with Gasteiger partial charge in [-0.1, -0.05) is 0 Å². The van der Waals surface area contributed by atoms with Gasteiger partial charge in [0.2, 0.25) is 0 Å². The van der Waals surface area contributed by atoms with Gasteiger partial charge in [0.25, 0.3) is 5.91 Å². The summed E-state index contributed by atoms with van der Waals surface area (Å²) in [6, 6.07) is 5.10. The standard InChI is InChI=1S/C17H18N4O3/c1-10-8-18-15(19-10)12-5-6-21(9-12)16(22)11-3-4-14-13(7-11)20(2)17(23)24-14/h3-4,7-8,12H,5-6,9H2,1-2H3,(H,18,19). The molecule has 1 unspecified atom stereocenters. The number of aryl methyl sites for hydroxylation is 2. The van der Waals surface area contributed by atoms with E-state index in [1.54, 1.807) is 25.2 Å². The van der Waals surface area contributed by atoms with Crippen LogP contribution >= 0.6 is 0 Å². The quantitative estimate of drug-likeness (QED) is 0.778. The molecule has 24 heavy (non-hydrogen) atoms. The van der Waals surface area contributed by atoms with E-state index < -0.39 is 5.76 Å². The smallest absolute Gasteiger partial charge is 0.408 e. The number of fused-ring (bicyclic) bond motifs is 1. The van der Waals surface area contributed by atoms with Gasteiger partial charge in [0.15, 0.2) is 5.58 Å². The summed E-state index contributed by atoms with van der Waals surface area (Å²) in [5, 5.41) is 0. The van der Waals surface area contributed by atoms with Crippen molar-refractivity contribution >= 4 is 17.0 Å². The molecular weight excluding hydrogens is 308 g/mol. The number of amides is 1. The van der Waals surface area contributed by atoms with E-state index in [2.05, 4.69) is 9.97 Å². The van der Waals surface area contributed by atoms with Crippen molar-refractivity contribution in [2.75, 3.05) is 13.1 Å². The first kappa shape index (κ1) is 14.7. The molecule has 0 radical (unpaired) electrons. The zero-order valence-corrected chi connectivity index (χ0v) is 13.6. The zero-order chi connectivity index (χ0) is 16.8. The van der Waals surface area contributed by atoms with Gasteiger partial charge in [-0.05, 0) is 31.5 Å². The normalized spacial score (nSPS) is 17.8. The summed E-state index contributed by atoms with van der Waals surface area (Å²) in [6.07, 6.45) is 2.71. The minimum atomic E-state index is -0.427. The number of carbonyl (C=O) groups excluding carboxylic acids is 1. The van der Waals surface area contributed by atoms with E-state index in [-0.39, 0.29) is 11.8 Å². The summed E-state index contributed by atoms with van der Waals surface area (Å²) in [5.41, 5.74) is 2.71. The number of likely N-dealkylation sites (tertiary alicyclic amines) is 1. The number of H-pyrrole nitrogens is 1. The second-order valence-corrected chi connectivity index (χ2v) is 6.30. The Morgan fingerprint density at radius 2 is 2.25 bits per heavy atom. The fraction of sp³-hybridized carbons (Fsp3) is 0.353. The van der Waals surface area contributed by atoms with E-state index in [9.17, 15) is 9.59 Å². The second kappa shape index (κ2) is 5.36. The van der Waals surface area contributed by atoms with Crippen molar-refractivity contribution in [1.29, 1.82) is 0 Å². The Balaban J connectivity index is 1.58. The van der Waals surface area contributed by atoms with Crippen molar-refractivity contribution in [3.8, 4) is 0 Å². The lowest BCUT2D eigenvalue weighted by Crippen LogP contribution is -2.28.